The van der Waals surface area contributed by atoms with Gasteiger partial charge in [0.05, 0.1) is 22.3 Å². The van der Waals surface area contributed by atoms with Crippen LogP contribution in [0.5, 0.6) is 0 Å². The summed E-state index contributed by atoms with van der Waals surface area (Å²) >= 11 is 0. The number of aromatic nitrogens is 4. The quantitative estimate of drug-likeness (QED) is 0.564. The van der Waals surface area contributed by atoms with Crippen LogP contribution in [0.3, 0.4) is 0 Å². The number of anilines is 1. The monoisotopic (exact) mass is 359 g/mol. The second-order valence-electron chi connectivity index (χ2n) is 6.78. The second kappa shape index (κ2) is 6.39. The number of rotatable bonds is 3. The minimum Gasteiger partial charge on any atom is -0.378 e. The normalized spacial score (nSPS) is 11.1. The molecule has 27 heavy (non-hydrogen) atoms. The van der Waals surface area contributed by atoms with E-state index in [1.54, 1.807) is 24.1 Å². The molecule has 0 aliphatic rings. The van der Waals surface area contributed by atoms with E-state index in [1.165, 1.54) is 0 Å². The molecular formula is C21H21N5O. The van der Waals surface area contributed by atoms with Crippen molar-refractivity contribution >= 4 is 16.7 Å². The third-order valence-electron chi connectivity index (χ3n) is 4.91. The van der Waals surface area contributed by atoms with Crippen LogP contribution in [-0.2, 0) is 14.1 Å². The van der Waals surface area contributed by atoms with Crippen molar-refractivity contribution < 1.29 is 0 Å². The van der Waals surface area contributed by atoms with Gasteiger partial charge in [0.1, 0.15) is 0 Å². The van der Waals surface area contributed by atoms with E-state index in [2.05, 4.69) is 9.97 Å². The lowest BCUT2D eigenvalue weighted by atomic mass is 10.00. The summed E-state index contributed by atoms with van der Waals surface area (Å²) in [7, 11) is 7.67. The van der Waals surface area contributed by atoms with Gasteiger partial charge in [-0.3, -0.25) is 24.1 Å². The van der Waals surface area contributed by atoms with Gasteiger partial charge in [0.25, 0.3) is 5.56 Å². The fourth-order valence-corrected chi connectivity index (χ4v) is 3.35. The van der Waals surface area contributed by atoms with Gasteiger partial charge < -0.3 is 4.90 Å². The molecule has 6 heteroatoms. The molecule has 0 radical (unpaired) electrons. The predicted molar refractivity (Wildman–Crippen MR) is 109 cm³/mol. The Hall–Kier alpha value is -3.41. The van der Waals surface area contributed by atoms with Crippen LogP contribution in [0.4, 0.5) is 5.69 Å². The molecule has 0 unspecified atom stereocenters. The molecule has 0 saturated heterocycles. The van der Waals surface area contributed by atoms with Crippen molar-refractivity contribution in [3.63, 3.8) is 0 Å². The molecule has 2 heterocycles. The minimum atomic E-state index is -0.0253. The molecule has 0 amide bonds. The first-order valence-corrected chi connectivity index (χ1v) is 8.72. The summed E-state index contributed by atoms with van der Waals surface area (Å²) in [5.41, 5.74) is 6.05. The highest BCUT2D eigenvalue weighted by molar-refractivity contribution is 5.87. The van der Waals surface area contributed by atoms with Crippen molar-refractivity contribution in [2.75, 3.05) is 19.0 Å². The van der Waals surface area contributed by atoms with Gasteiger partial charge in [-0.25, -0.2) is 0 Å². The maximum Gasteiger partial charge on any atom is 0.274 e. The highest BCUT2D eigenvalue weighted by Crippen LogP contribution is 2.32. The summed E-state index contributed by atoms with van der Waals surface area (Å²) in [6, 6.07) is 13.9. The zero-order valence-electron chi connectivity index (χ0n) is 15.8. The van der Waals surface area contributed by atoms with Crippen LogP contribution in [0.2, 0.25) is 0 Å². The van der Waals surface area contributed by atoms with Crippen LogP contribution in [0.1, 0.15) is 0 Å². The van der Waals surface area contributed by atoms with Gasteiger partial charge >= 0.3 is 0 Å². The van der Waals surface area contributed by atoms with E-state index in [0.717, 1.165) is 33.5 Å². The number of hydrogen-bond acceptors (Lipinski definition) is 4. The molecule has 0 bridgehead atoms. The first kappa shape index (κ1) is 17.0. The average molecular weight is 359 g/mol. The Bertz CT molecular complexity index is 1200. The summed E-state index contributed by atoms with van der Waals surface area (Å²) in [6.45, 7) is 0. The van der Waals surface area contributed by atoms with Crippen molar-refractivity contribution in [2.45, 2.75) is 0 Å². The zero-order chi connectivity index (χ0) is 19.1. The summed E-state index contributed by atoms with van der Waals surface area (Å²) in [5.74, 6) is 0. The van der Waals surface area contributed by atoms with Crippen molar-refractivity contribution in [3.8, 4) is 22.4 Å². The predicted octanol–water partition coefficient (Wildman–Crippen LogP) is 3.07. The van der Waals surface area contributed by atoms with Crippen LogP contribution in [0.25, 0.3) is 33.4 Å². The highest BCUT2D eigenvalue weighted by atomic mass is 16.1. The number of nitrogens with zero attached hydrogens (tertiary/aromatic N) is 5. The molecule has 2 aromatic carbocycles. The molecule has 4 rings (SSSR count). The van der Waals surface area contributed by atoms with Gasteiger partial charge in [-0.2, -0.15) is 0 Å². The van der Waals surface area contributed by atoms with Crippen molar-refractivity contribution in [1.29, 1.82) is 0 Å². The minimum absolute atomic E-state index is 0.0253. The Balaban J connectivity index is 2.00. The maximum atomic E-state index is 13.0. The third kappa shape index (κ3) is 2.79. The van der Waals surface area contributed by atoms with Gasteiger partial charge in [-0.15, -0.1) is 0 Å². The summed E-state index contributed by atoms with van der Waals surface area (Å²) in [5, 5.41) is 0. The summed E-state index contributed by atoms with van der Waals surface area (Å²) in [4.78, 5) is 23.8. The van der Waals surface area contributed by atoms with E-state index >= 15 is 0 Å². The van der Waals surface area contributed by atoms with Crippen molar-refractivity contribution in [3.05, 3.63) is 65.2 Å². The third-order valence-corrected chi connectivity index (χ3v) is 4.91. The van der Waals surface area contributed by atoms with E-state index in [-0.39, 0.29) is 5.56 Å². The molecule has 4 aromatic rings. The van der Waals surface area contributed by atoms with E-state index in [1.807, 2.05) is 73.2 Å². The van der Waals surface area contributed by atoms with E-state index in [4.69, 9.17) is 0 Å². The van der Waals surface area contributed by atoms with E-state index in [0.29, 0.717) is 5.56 Å². The number of fused-ring (bicyclic) bond motifs is 1. The molecular weight excluding hydrogens is 338 g/mol. The average Bonchev–Trinajstić information content (AvgIpc) is 2.91. The summed E-state index contributed by atoms with van der Waals surface area (Å²) < 4.78 is 3.52. The van der Waals surface area contributed by atoms with Crippen LogP contribution >= 0.6 is 0 Å². The Morgan fingerprint density at radius 1 is 0.852 bits per heavy atom. The lowest BCUT2D eigenvalue weighted by molar-refractivity contribution is 0.584. The van der Waals surface area contributed by atoms with Crippen LogP contribution < -0.4 is 10.5 Å². The molecule has 136 valence electrons. The molecule has 0 atom stereocenters. The van der Waals surface area contributed by atoms with E-state index < -0.39 is 0 Å². The fraction of sp³-hybridized carbons (Fsp3) is 0.190. The Kier molecular flexibility index (Phi) is 4.03. The molecule has 0 spiro atoms. The lowest BCUT2D eigenvalue weighted by Crippen LogP contribution is -2.17. The van der Waals surface area contributed by atoms with Gasteiger partial charge in [-0.1, -0.05) is 18.2 Å². The Morgan fingerprint density at radius 3 is 2.33 bits per heavy atom. The highest BCUT2D eigenvalue weighted by Gasteiger charge is 2.20. The topological polar surface area (TPSA) is 56.0 Å². The van der Waals surface area contributed by atoms with Gasteiger partial charge in [-0.05, 0) is 29.8 Å². The molecule has 6 nitrogen and oxygen atoms in total. The first-order chi connectivity index (χ1) is 13.0. The number of hydrogen-bond donors (Lipinski definition) is 0. The lowest BCUT2D eigenvalue weighted by Gasteiger charge is -2.14. The smallest absolute Gasteiger partial charge is 0.274 e. The maximum absolute atomic E-state index is 13.0. The van der Waals surface area contributed by atoms with Gasteiger partial charge in [0, 0.05) is 51.8 Å². The van der Waals surface area contributed by atoms with Crippen molar-refractivity contribution in [2.24, 2.45) is 14.1 Å². The number of benzene rings is 2. The second-order valence-corrected chi connectivity index (χ2v) is 6.78. The fourth-order valence-electron chi connectivity index (χ4n) is 3.35. The SMILES string of the molecule is CN(C)c1cccc(-c2c(-c3ccc4nccnc4c3)n(C)n(C)c2=O)c1. The molecule has 0 N–H and O–H groups in total. The molecule has 2 aromatic heterocycles. The molecule has 0 aliphatic heterocycles. The van der Waals surface area contributed by atoms with Gasteiger partial charge in [0.15, 0.2) is 0 Å². The van der Waals surface area contributed by atoms with E-state index in [9.17, 15) is 4.79 Å². The van der Waals surface area contributed by atoms with Crippen molar-refractivity contribution in [1.82, 2.24) is 19.3 Å². The molecule has 0 aliphatic carbocycles. The van der Waals surface area contributed by atoms with Crippen LogP contribution in [0, 0.1) is 0 Å². The van der Waals surface area contributed by atoms with Gasteiger partial charge in [0.2, 0.25) is 0 Å². The molecule has 0 fully saturated rings. The first-order valence-electron chi connectivity index (χ1n) is 8.72. The molecule has 0 saturated carbocycles. The largest absolute Gasteiger partial charge is 0.378 e. The summed E-state index contributed by atoms with van der Waals surface area (Å²) in [6.07, 6.45) is 3.36. The standard InChI is InChI=1S/C21H21N5O/c1-24(2)16-7-5-6-14(12-16)19-20(25(3)26(4)21(19)27)15-8-9-17-18(13-15)23-11-10-22-17/h5-13H,1-4H3. The Morgan fingerprint density at radius 2 is 1.59 bits per heavy atom. The van der Waals surface area contributed by atoms with Crippen LogP contribution in [-0.4, -0.2) is 33.4 Å². The Labute approximate surface area is 157 Å². The zero-order valence-corrected chi connectivity index (χ0v) is 15.8. The van der Waals surface area contributed by atoms with Crippen LogP contribution in [0.15, 0.2) is 59.7 Å².